The van der Waals surface area contributed by atoms with Gasteiger partial charge in [0.1, 0.15) is 11.6 Å². The van der Waals surface area contributed by atoms with E-state index in [4.69, 9.17) is 4.74 Å². The van der Waals surface area contributed by atoms with Crippen LogP contribution in [-0.2, 0) is 0 Å². The zero-order valence-corrected chi connectivity index (χ0v) is 13.8. The minimum atomic E-state index is 0.672. The number of rotatable bonds is 7. The Hall–Kier alpha value is -2.30. The van der Waals surface area contributed by atoms with Crippen molar-refractivity contribution in [2.24, 2.45) is 0 Å². The van der Waals surface area contributed by atoms with Gasteiger partial charge in [-0.05, 0) is 52.0 Å². The first kappa shape index (κ1) is 16.1. The van der Waals surface area contributed by atoms with Gasteiger partial charge in [-0.2, -0.15) is 4.98 Å². The van der Waals surface area contributed by atoms with E-state index >= 15 is 0 Å². The molecule has 0 atom stereocenters. The molecule has 0 saturated heterocycles. The lowest BCUT2D eigenvalue weighted by Gasteiger charge is -2.19. The van der Waals surface area contributed by atoms with Crippen LogP contribution in [0.1, 0.15) is 26.5 Å². The lowest BCUT2D eigenvalue weighted by Crippen LogP contribution is -2.24. The van der Waals surface area contributed by atoms with Crippen LogP contribution in [0.5, 0.6) is 5.75 Å². The summed E-state index contributed by atoms with van der Waals surface area (Å²) >= 11 is 0. The predicted octanol–water partition coefficient (Wildman–Crippen LogP) is 3.77. The molecule has 0 spiro atoms. The second kappa shape index (κ2) is 7.64. The van der Waals surface area contributed by atoms with Gasteiger partial charge in [-0.25, -0.2) is 4.98 Å². The predicted molar refractivity (Wildman–Crippen MR) is 91.2 cm³/mol. The Labute approximate surface area is 132 Å². The minimum absolute atomic E-state index is 0.672. The Balaban J connectivity index is 2.18. The van der Waals surface area contributed by atoms with Gasteiger partial charge in [0.15, 0.2) is 0 Å². The number of aromatic nitrogens is 2. The Morgan fingerprint density at radius 2 is 1.73 bits per heavy atom. The van der Waals surface area contributed by atoms with E-state index in [9.17, 15) is 0 Å². The number of hydrogen-bond acceptors (Lipinski definition) is 5. The molecule has 2 rings (SSSR count). The maximum absolute atomic E-state index is 5.45. The molecule has 0 fully saturated rings. The van der Waals surface area contributed by atoms with E-state index in [1.165, 1.54) is 0 Å². The monoisotopic (exact) mass is 300 g/mol. The van der Waals surface area contributed by atoms with Gasteiger partial charge < -0.3 is 15.0 Å². The molecule has 0 saturated carbocycles. The summed E-state index contributed by atoms with van der Waals surface area (Å²) in [5, 5.41) is 3.32. The normalized spacial score (nSPS) is 10.4. The van der Waals surface area contributed by atoms with E-state index in [2.05, 4.69) is 34.0 Å². The number of benzene rings is 1. The summed E-state index contributed by atoms with van der Waals surface area (Å²) in [7, 11) is 0. The summed E-state index contributed by atoms with van der Waals surface area (Å²) in [5.41, 5.74) is 1.93. The first-order valence-electron chi connectivity index (χ1n) is 7.76. The van der Waals surface area contributed by atoms with E-state index in [-0.39, 0.29) is 0 Å². The molecule has 5 heteroatoms. The van der Waals surface area contributed by atoms with Gasteiger partial charge in [-0.3, -0.25) is 0 Å². The lowest BCUT2D eigenvalue weighted by atomic mass is 10.3. The number of nitrogens with one attached hydrogen (secondary N) is 1. The standard InChI is InChI=1S/C17H24N4O/c1-5-21(6-2)17-18-13(4)12-16(20-17)19-14-8-10-15(11-9-14)22-7-3/h8-12H,5-7H2,1-4H3,(H,18,19,20). The van der Waals surface area contributed by atoms with Crippen LogP contribution in [-0.4, -0.2) is 29.7 Å². The van der Waals surface area contributed by atoms with Crippen LogP contribution in [0.3, 0.4) is 0 Å². The third-order valence-electron chi connectivity index (χ3n) is 3.33. The third kappa shape index (κ3) is 4.10. The highest BCUT2D eigenvalue weighted by molar-refractivity contribution is 5.58. The maximum atomic E-state index is 5.45. The highest BCUT2D eigenvalue weighted by Gasteiger charge is 2.08. The van der Waals surface area contributed by atoms with Crippen molar-refractivity contribution in [1.82, 2.24) is 9.97 Å². The molecule has 118 valence electrons. The number of ether oxygens (including phenoxy) is 1. The molecule has 1 aromatic carbocycles. The summed E-state index contributed by atoms with van der Waals surface area (Å²) in [6.45, 7) is 10.6. The highest BCUT2D eigenvalue weighted by atomic mass is 16.5. The molecular weight excluding hydrogens is 276 g/mol. The van der Waals surface area contributed by atoms with Crippen LogP contribution in [0.25, 0.3) is 0 Å². The van der Waals surface area contributed by atoms with Crippen LogP contribution in [0.15, 0.2) is 30.3 Å². The van der Waals surface area contributed by atoms with Gasteiger partial charge in [0.25, 0.3) is 0 Å². The van der Waals surface area contributed by atoms with Crippen molar-refractivity contribution in [3.05, 3.63) is 36.0 Å². The molecule has 1 aromatic heterocycles. The molecule has 2 aromatic rings. The molecule has 22 heavy (non-hydrogen) atoms. The second-order valence-electron chi connectivity index (χ2n) is 4.95. The van der Waals surface area contributed by atoms with Gasteiger partial charge in [0.2, 0.25) is 5.95 Å². The van der Waals surface area contributed by atoms with Gasteiger partial charge in [0.05, 0.1) is 6.61 Å². The topological polar surface area (TPSA) is 50.3 Å². The Kier molecular flexibility index (Phi) is 5.58. The molecule has 1 heterocycles. The zero-order valence-electron chi connectivity index (χ0n) is 13.8. The van der Waals surface area contributed by atoms with E-state index in [0.717, 1.165) is 42.0 Å². The fraction of sp³-hybridized carbons (Fsp3) is 0.412. The molecular formula is C17H24N4O. The number of nitrogens with zero attached hydrogens (tertiary/aromatic N) is 3. The van der Waals surface area contributed by atoms with Crippen molar-refractivity contribution >= 4 is 17.5 Å². The smallest absolute Gasteiger partial charge is 0.227 e. The largest absolute Gasteiger partial charge is 0.494 e. The van der Waals surface area contributed by atoms with Crippen molar-refractivity contribution in [1.29, 1.82) is 0 Å². The maximum Gasteiger partial charge on any atom is 0.227 e. The van der Waals surface area contributed by atoms with Crippen LogP contribution in [0, 0.1) is 6.92 Å². The van der Waals surface area contributed by atoms with Gasteiger partial charge in [-0.1, -0.05) is 0 Å². The number of hydrogen-bond donors (Lipinski definition) is 1. The van der Waals surface area contributed by atoms with Gasteiger partial charge >= 0.3 is 0 Å². The van der Waals surface area contributed by atoms with Crippen LogP contribution in [0.2, 0.25) is 0 Å². The molecule has 0 unspecified atom stereocenters. The van der Waals surface area contributed by atoms with Crippen LogP contribution in [0.4, 0.5) is 17.5 Å². The fourth-order valence-corrected chi connectivity index (χ4v) is 2.21. The van der Waals surface area contributed by atoms with Crippen molar-refractivity contribution in [3.8, 4) is 5.75 Å². The minimum Gasteiger partial charge on any atom is -0.494 e. The Morgan fingerprint density at radius 1 is 1.05 bits per heavy atom. The first-order valence-corrected chi connectivity index (χ1v) is 7.76. The summed E-state index contributed by atoms with van der Waals surface area (Å²) in [6.07, 6.45) is 0. The quantitative estimate of drug-likeness (QED) is 0.843. The molecule has 0 radical (unpaired) electrons. The third-order valence-corrected chi connectivity index (χ3v) is 3.33. The summed E-state index contributed by atoms with van der Waals surface area (Å²) in [6, 6.07) is 9.82. The number of anilines is 3. The zero-order chi connectivity index (χ0) is 15.9. The first-order chi connectivity index (χ1) is 10.7. The average Bonchev–Trinajstić information content (AvgIpc) is 2.50. The summed E-state index contributed by atoms with van der Waals surface area (Å²) in [5.74, 6) is 2.44. The SMILES string of the molecule is CCOc1ccc(Nc2cc(C)nc(N(CC)CC)n2)cc1. The van der Waals surface area contributed by atoms with Crippen LogP contribution < -0.4 is 15.0 Å². The fourth-order valence-electron chi connectivity index (χ4n) is 2.21. The highest BCUT2D eigenvalue weighted by Crippen LogP contribution is 2.21. The van der Waals surface area contributed by atoms with E-state index in [0.29, 0.717) is 6.61 Å². The molecule has 5 nitrogen and oxygen atoms in total. The van der Waals surface area contributed by atoms with Crippen molar-refractivity contribution in [2.75, 3.05) is 29.9 Å². The average molecular weight is 300 g/mol. The van der Waals surface area contributed by atoms with Crippen molar-refractivity contribution in [2.45, 2.75) is 27.7 Å². The van der Waals surface area contributed by atoms with Crippen molar-refractivity contribution < 1.29 is 4.74 Å². The summed E-state index contributed by atoms with van der Waals surface area (Å²) in [4.78, 5) is 11.2. The number of aryl methyl sites for hydroxylation is 1. The summed E-state index contributed by atoms with van der Waals surface area (Å²) < 4.78 is 5.45. The Morgan fingerprint density at radius 3 is 2.32 bits per heavy atom. The molecule has 1 N–H and O–H groups in total. The van der Waals surface area contributed by atoms with Crippen LogP contribution >= 0.6 is 0 Å². The molecule has 0 bridgehead atoms. The molecule has 0 aliphatic rings. The molecule has 0 amide bonds. The molecule has 0 aliphatic carbocycles. The molecule has 0 aliphatic heterocycles. The lowest BCUT2D eigenvalue weighted by molar-refractivity contribution is 0.340. The van der Waals surface area contributed by atoms with E-state index in [1.807, 2.05) is 44.2 Å². The Bertz CT molecular complexity index is 594. The van der Waals surface area contributed by atoms with E-state index in [1.54, 1.807) is 0 Å². The van der Waals surface area contributed by atoms with E-state index < -0.39 is 0 Å². The van der Waals surface area contributed by atoms with Crippen molar-refractivity contribution in [3.63, 3.8) is 0 Å². The second-order valence-corrected chi connectivity index (χ2v) is 4.95. The van der Waals surface area contributed by atoms with Gasteiger partial charge in [-0.15, -0.1) is 0 Å². The van der Waals surface area contributed by atoms with Gasteiger partial charge in [0, 0.05) is 30.5 Å².